The summed E-state index contributed by atoms with van der Waals surface area (Å²) in [5.74, 6) is -0.763. The Hall–Kier alpha value is -1.46. The lowest BCUT2D eigenvalue weighted by atomic mass is 9.72. The van der Waals surface area contributed by atoms with Crippen LogP contribution in [0.3, 0.4) is 0 Å². The van der Waals surface area contributed by atoms with Gasteiger partial charge in [-0.15, -0.1) is 0 Å². The molecule has 0 spiro atoms. The molecule has 0 aromatic carbocycles. The van der Waals surface area contributed by atoms with E-state index in [0.717, 1.165) is 38.5 Å². The lowest BCUT2D eigenvalue weighted by molar-refractivity contribution is -0.369. The van der Waals surface area contributed by atoms with E-state index in [1.165, 1.54) is 13.8 Å². The van der Waals surface area contributed by atoms with Crippen molar-refractivity contribution in [2.45, 2.75) is 272 Å². The van der Waals surface area contributed by atoms with E-state index in [1.54, 1.807) is 0 Å². The maximum Gasteiger partial charge on any atom is 0.302 e. The van der Waals surface area contributed by atoms with Crippen LogP contribution in [0, 0.1) is 0 Å². The number of aliphatic hydroxyl groups is 2. The molecule has 0 aromatic heterocycles. The van der Waals surface area contributed by atoms with Crippen molar-refractivity contribution in [3.63, 3.8) is 0 Å². The Morgan fingerprint density at radius 3 is 2.17 bits per heavy atom. The molecule has 60 heavy (non-hydrogen) atoms. The first kappa shape index (κ1) is 45.1. The number of unbranched alkanes of at least 4 members (excludes halogenated alkanes) is 3. The molecule has 0 saturated carbocycles. The summed E-state index contributed by atoms with van der Waals surface area (Å²) in [5.41, 5.74) is -2.81. The van der Waals surface area contributed by atoms with E-state index in [0.29, 0.717) is 70.6 Å². The van der Waals surface area contributed by atoms with E-state index in [4.69, 9.17) is 47.4 Å². The molecule has 1 unspecified atom stereocenters. The predicted molar refractivity (Wildman–Crippen MR) is 216 cm³/mol. The van der Waals surface area contributed by atoms with Gasteiger partial charge in [-0.3, -0.25) is 9.59 Å². The molecule has 2 N–H and O–H groups in total. The van der Waals surface area contributed by atoms with Gasteiger partial charge in [-0.25, -0.2) is 0 Å². The fourth-order valence-corrected chi connectivity index (χ4v) is 12.6. The van der Waals surface area contributed by atoms with Crippen molar-refractivity contribution in [1.29, 1.82) is 0 Å². The third-order valence-corrected chi connectivity index (χ3v) is 15.6. The van der Waals surface area contributed by atoms with E-state index < -0.39 is 46.8 Å². The maximum absolute atomic E-state index is 12.4. The molecule has 8 rings (SSSR count). The van der Waals surface area contributed by atoms with Crippen LogP contribution >= 0.6 is 0 Å². The molecular weight excluding hydrogens is 776 g/mol. The highest BCUT2D eigenvalue weighted by atomic mass is 16.7. The number of hydrogen-bond donors (Lipinski definition) is 2. The van der Waals surface area contributed by atoms with Gasteiger partial charge in [-0.2, -0.15) is 0 Å². The molecular formula is C46H74O14. The van der Waals surface area contributed by atoms with Gasteiger partial charge < -0.3 is 57.6 Å². The van der Waals surface area contributed by atoms with Crippen molar-refractivity contribution in [2.75, 3.05) is 6.61 Å². The number of rotatable bonds is 11. The molecule has 0 bridgehead atoms. The van der Waals surface area contributed by atoms with Gasteiger partial charge in [0.25, 0.3) is 0 Å². The third-order valence-electron chi connectivity index (χ3n) is 15.6. The van der Waals surface area contributed by atoms with Crippen LogP contribution in [-0.4, -0.2) is 143 Å². The second-order valence-corrected chi connectivity index (χ2v) is 20.4. The molecule has 342 valence electrons. The average Bonchev–Trinajstić information content (AvgIpc) is 3.41. The summed E-state index contributed by atoms with van der Waals surface area (Å²) in [5, 5.41) is 20.8. The third kappa shape index (κ3) is 8.96. The second kappa shape index (κ2) is 17.8. The van der Waals surface area contributed by atoms with Crippen LogP contribution in [0.1, 0.15) is 158 Å². The van der Waals surface area contributed by atoms with Crippen molar-refractivity contribution in [3.05, 3.63) is 0 Å². The molecule has 8 fully saturated rings. The molecule has 0 aliphatic carbocycles. The van der Waals surface area contributed by atoms with Gasteiger partial charge in [-0.05, 0) is 79.1 Å². The molecule has 8 aliphatic rings. The zero-order valence-corrected chi connectivity index (χ0v) is 37.2. The van der Waals surface area contributed by atoms with Crippen LogP contribution in [0.5, 0.6) is 0 Å². The molecule has 14 heteroatoms. The van der Waals surface area contributed by atoms with E-state index in [-0.39, 0.29) is 85.7 Å². The lowest BCUT2D eigenvalue weighted by Crippen LogP contribution is -2.72. The van der Waals surface area contributed by atoms with Crippen LogP contribution in [0.15, 0.2) is 0 Å². The zero-order valence-electron chi connectivity index (χ0n) is 37.2. The van der Waals surface area contributed by atoms with Crippen molar-refractivity contribution in [1.82, 2.24) is 0 Å². The summed E-state index contributed by atoms with van der Waals surface area (Å²) in [6, 6.07) is 0. The van der Waals surface area contributed by atoms with Crippen molar-refractivity contribution < 1.29 is 67.2 Å². The minimum absolute atomic E-state index is 0.0971. The van der Waals surface area contributed by atoms with Crippen LogP contribution < -0.4 is 0 Å². The van der Waals surface area contributed by atoms with Gasteiger partial charge in [0.2, 0.25) is 0 Å². The lowest BCUT2D eigenvalue weighted by Gasteiger charge is -2.61. The minimum atomic E-state index is -0.860. The minimum Gasteiger partial charge on any atom is -0.460 e. The topological polar surface area (TPSA) is 167 Å². The van der Waals surface area contributed by atoms with Gasteiger partial charge in [0.15, 0.2) is 0 Å². The standard InChI is InChI=1S/C46H74O14/c1-8-9-10-11-14-31(51-26(2)48)42-32(52-27(3)49)16-15-30-34(56-42)22-39-45(6,58-30)25-44(5)38(57-39)18-17-29-35(59-44)21-33-36(54-29)24-43(4)40(55-33)23-41-46(7,60-43)37(50)20-28(53-41)13-12-19-47/h28-42,47,50H,8-25H2,1-7H3/t28-,29+,30+,31?,32-,33+,34-,35-,36-,37-,38-,39+,40-,41+,42+,43+,44+,45-,46-/m0/s1. The molecule has 0 amide bonds. The number of carbonyl (C=O) groups is 2. The summed E-state index contributed by atoms with van der Waals surface area (Å²) in [6.45, 7) is 13.5. The Morgan fingerprint density at radius 1 is 0.683 bits per heavy atom. The summed E-state index contributed by atoms with van der Waals surface area (Å²) in [4.78, 5) is 24.7. The molecule has 19 atom stereocenters. The normalized spacial score (nSPS) is 49.1. The summed E-state index contributed by atoms with van der Waals surface area (Å²) in [6.07, 6.45) is 7.56. The molecule has 8 heterocycles. The monoisotopic (exact) mass is 851 g/mol. The van der Waals surface area contributed by atoms with Crippen LogP contribution in [0.25, 0.3) is 0 Å². The summed E-state index contributed by atoms with van der Waals surface area (Å²) in [7, 11) is 0. The van der Waals surface area contributed by atoms with Gasteiger partial charge in [-0.1, -0.05) is 26.2 Å². The highest BCUT2D eigenvalue weighted by molar-refractivity contribution is 5.67. The van der Waals surface area contributed by atoms with Crippen molar-refractivity contribution in [2.24, 2.45) is 0 Å². The van der Waals surface area contributed by atoms with E-state index in [9.17, 15) is 19.8 Å². The summed E-state index contributed by atoms with van der Waals surface area (Å²) < 4.78 is 67.4. The van der Waals surface area contributed by atoms with Crippen molar-refractivity contribution in [3.8, 4) is 0 Å². The van der Waals surface area contributed by atoms with Crippen LogP contribution in [0.4, 0.5) is 0 Å². The Bertz CT molecular complexity index is 1510. The number of aliphatic hydroxyl groups excluding tert-OH is 2. The van der Waals surface area contributed by atoms with E-state index in [1.807, 2.05) is 6.92 Å². The fourth-order valence-electron chi connectivity index (χ4n) is 12.6. The first-order valence-corrected chi connectivity index (χ1v) is 23.5. The van der Waals surface area contributed by atoms with Gasteiger partial charge in [0, 0.05) is 59.0 Å². The Labute approximate surface area is 356 Å². The largest absolute Gasteiger partial charge is 0.460 e. The average molecular weight is 851 g/mol. The second-order valence-electron chi connectivity index (χ2n) is 20.4. The number of carbonyl (C=O) groups excluding carboxylic acids is 2. The SMILES string of the molecule is CCCCCCC(OC(C)=O)[C@H]1O[C@H]2C[C@H]3O[C@H]4CC[C@H]5O[C@H]6C[C@@]7(C)O[C@@]8(C)[C@@H](O)C[C@H](CCCO)O[C@@H]8C[C@@H]7O[C@@H]6C[C@@H]5O[C@]4(C)C[C@]3(C)O[C@@H]2CC[C@@H]1OC(C)=O. The van der Waals surface area contributed by atoms with Gasteiger partial charge >= 0.3 is 11.9 Å². The molecule has 0 radical (unpaired) electrons. The molecule has 8 saturated heterocycles. The Balaban J connectivity index is 0.951. The summed E-state index contributed by atoms with van der Waals surface area (Å²) >= 11 is 0. The number of esters is 2. The van der Waals surface area contributed by atoms with Gasteiger partial charge in [0.1, 0.15) is 23.9 Å². The van der Waals surface area contributed by atoms with Crippen molar-refractivity contribution >= 4 is 11.9 Å². The molecule has 0 aromatic rings. The first-order valence-electron chi connectivity index (χ1n) is 23.5. The van der Waals surface area contributed by atoms with Crippen LogP contribution in [0.2, 0.25) is 0 Å². The number of hydrogen-bond acceptors (Lipinski definition) is 14. The predicted octanol–water partition coefficient (Wildman–Crippen LogP) is 5.55. The van der Waals surface area contributed by atoms with E-state index >= 15 is 0 Å². The molecule has 8 aliphatic heterocycles. The van der Waals surface area contributed by atoms with E-state index in [2.05, 4.69) is 27.7 Å². The smallest absolute Gasteiger partial charge is 0.302 e. The zero-order chi connectivity index (χ0) is 42.6. The Morgan fingerprint density at radius 2 is 1.42 bits per heavy atom. The highest BCUT2D eigenvalue weighted by Crippen LogP contribution is 2.54. The van der Waals surface area contributed by atoms with Gasteiger partial charge in [0.05, 0.1) is 90.1 Å². The first-order chi connectivity index (χ1) is 28.5. The quantitative estimate of drug-likeness (QED) is 0.196. The Kier molecular flexibility index (Phi) is 13.4. The highest BCUT2D eigenvalue weighted by Gasteiger charge is 2.64. The molecule has 14 nitrogen and oxygen atoms in total. The maximum atomic E-state index is 12.4. The number of fused-ring (bicyclic) bond motifs is 7. The van der Waals surface area contributed by atoms with Crippen LogP contribution in [-0.2, 0) is 57.0 Å². The fraction of sp³-hybridized carbons (Fsp3) is 0.957. The number of ether oxygens (including phenoxy) is 10.